The summed E-state index contributed by atoms with van der Waals surface area (Å²) in [6, 6.07) is 8.58. The average Bonchev–Trinajstić information content (AvgIpc) is 3.05. The van der Waals surface area contributed by atoms with Crippen molar-refractivity contribution in [3.05, 3.63) is 42.1 Å². The zero-order valence-corrected chi connectivity index (χ0v) is 18.4. The third kappa shape index (κ3) is 4.41. The van der Waals surface area contributed by atoms with Crippen molar-refractivity contribution < 1.29 is 26.3 Å². The second-order valence-corrected chi connectivity index (χ2v) is 9.62. The Hall–Kier alpha value is -3.10. The number of ether oxygens (including phenoxy) is 1. The quantitative estimate of drug-likeness (QED) is 0.513. The second-order valence-electron chi connectivity index (χ2n) is 7.90. The molecule has 3 aromatic rings. The Labute approximate surface area is 188 Å². The van der Waals surface area contributed by atoms with Gasteiger partial charge in [-0.15, -0.1) is 0 Å². The van der Waals surface area contributed by atoms with Crippen LogP contribution in [0.3, 0.4) is 0 Å². The maximum absolute atomic E-state index is 12.7. The minimum Gasteiger partial charge on any atom is -0.435 e. The SMILES string of the molecule is C[C@H](CF)NS(=O)(=O)c1ccc(-c2c(C#N)c3ccc(OC(F)F)cc3n2C2CCC2)nc1. The third-order valence-corrected chi connectivity index (χ3v) is 7.20. The van der Waals surface area contributed by atoms with Crippen LogP contribution < -0.4 is 9.46 Å². The van der Waals surface area contributed by atoms with E-state index in [1.165, 1.54) is 31.2 Å². The fourth-order valence-electron chi connectivity index (χ4n) is 3.90. The molecule has 4 rings (SSSR count). The lowest BCUT2D eigenvalue weighted by atomic mass is 9.92. The Morgan fingerprint density at radius 2 is 2.06 bits per heavy atom. The van der Waals surface area contributed by atoms with Gasteiger partial charge in [-0.1, -0.05) is 0 Å². The molecule has 1 saturated carbocycles. The highest BCUT2D eigenvalue weighted by Gasteiger charge is 2.29. The van der Waals surface area contributed by atoms with Gasteiger partial charge in [-0.05, 0) is 50.5 Å². The van der Waals surface area contributed by atoms with Gasteiger partial charge in [0.05, 0.1) is 22.5 Å². The molecule has 0 spiro atoms. The van der Waals surface area contributed by atoms with Gasteiger partial charge in [0.2, 0.25) is 10.0 Å². The van der Waals surface area contributed by atoms with E-state index in [1.54, 1.807) is 6.07 Å². The molecule has 174 valence electrons. The molecule has 1 atom stereocenters. The molecule has 33 heavy (non-hydrogen) atoms. The molecule has 1 aliphatic carbocycles. The van der Waals surface area contributed by atoms with Crippen molar-refractivity contribution in [2.24, 2.45) is 0 Å². The summed E-state index contributed by atoms with van der Waals surface area (Å²) in [4.78, 5) is 4.15. The van der Waals surface area contributed by atoms with Crippen LogP contribution in [0.1, 0.15) is 37.8 Å². The lowest BCUT2D eigenvalue weighted by Crippen LogP contribution is -2.34. The van der Waals surface area contributed by atoms with Gasteiger partial charge in [-0.25, -0.2) is 17.5 Å². The fourth-order valence-corrected chi connectivity index (χ4v) is 5.07. The van der Waals surface area contributed by atoms with Gasteiger partial charge >= 0.3 is 6.61 Å². The highest BCUT2D eigenvalue weighted by Crippen LogP contribution is 2.43. The number of aromatic nitrogens is 2. The van der Waals surface area contributed by atoms with E-state index >= 15 is 0 Å². The van der Waals surface area contributed by atoms with Crippen LogP contribution in [0.5, 0.6) is 5.75 Å². The molecule has 1 aliphatic rings. The fraction of sp³-hybridized carbons (Fsp3) is 0.364. The van der Waals surface area contributed by atoms with Crippen LogP contribution in [0.2, 0.25) is 0 Å². The largest absolute Gasteiger partial charge is 0.435 e. The number of hydrogen-bond acceptors (Lipinski definition) is 5. The number of alkyl halides is 3. The number of nitriles is 1. The highest BCUT2D eigenvalue weighted by molar-refractivity contribution is 7.89. The summed E-state index contributed by atoms with van der Waals surface area (Å²) < 4.78 is 71.7. The zero-order chi connectivity index (χ0) is 23.8. The number of fused-ring (bicyclic) bond motifs is 1. The Balaban J connectivity index is 1.84. The first-order valence-electron chi connectivity index (χ1n) is 10.3. The van der Waals surface area contributed by atoms with Crippen molar-refractivity contribution in [2.45, 2.75) is 49.8 Å². The molecule has 0 aliphatic heterocycles. The Kier molecular flexibility index (Phi) is 6.32. The van der Waals surface area contributed by atoms with Crippen molar-refractivity contribution in [3.63, 3.8) is 0 Å². The number of sulfonamides is 1. The third-order valence-electron chi connectivity index (χ3n) is 5.63. The molecule has 1 aromatic carbocycles. The first-order chi connectivity index (χ1) is 15.7. The zero-order valence-electron chi connectivity index (χ0n) is 17.6. The second kappa shape index (κ2) is 9.03. The summed E-state index contributed by atoms with van der Waals surface area (Å²) in [7, 11) is -3.96. The number of pyridine rings is 1. The normalized spacial score (nSPS) is 15.4. The highest BCUT2D eigenvalue weighted by atomic mass is 32.2. The molecule has 0 saturated heterocycles. The first-order valence-corrected chi connectivity index (χ1v) is 11.8. The number of rotatable bonds is 8. The Morgan fingerprint density at radius 1 is 1.30 bits per heavy atom. The van der Waals surface area contributed by atoms with Gasteiger partial charge in [0.25, 0.3) is 0 Å². The number of benzene rings is 1. The predicted octanol–water partition coefficient (Wildman–Crippen LogP) is 4.54. The molecule has 11 heteroatoms. The van der Waals surface area contributed by atoms with Crippen LogP contribution in [0, 0.1) is 11.3 Å². The van der Waals surface area contributed by atoms with Gasteiger partial charge in [0.15, 0.2) is 0 Å². The van der Waals surface area contributed by atoms with Crippen molar-refractivity contribution in [1.29, 1.82) is 5.26 Å². The molecule has 2 heterocycles. The smallest absolute Gasteiger partial charge is 0.387 e. The predicted molar refractivity (Wildman–Crippen MR) is 115 cm³/mol. The van der Waals surface area contributed by atoms with E-state index in [1.807, 2.05) is 4.57 Å². The molecule has 0 unspecified atom stereocenters. The number of hydrogen-bond donors (Lipinski definition) is 1. The summed E-state index contributed by atoms with van der Waals surface area (Å²) in [6.45, 7) is -2.43. The Bertz CT molecular complexity index is 1310. The number of nitrogens with one attached hydrogen (secondary N) is 1. The maximum atomic E-state index is 12.7. The van der Waals surface area contributed by atoms with Crippen LogP contribution in [0.4, 0.5) is 13.2 Å². The van der Waals surface area contributed by atoms with Crippen LogP contribution >= 0.6 is 0 Å². The monoisotopic (exact) mass is 478 g/mol. The Morgan fingerprint density at radius 3 is 2.61 bits per heavy atom. The molecule has 1 N–H and O–H groups in total. The molecular formula is C22H21F3N4O3S. The van der Waals surface area contributed by atoms with E-state index in [-0.39, 0.29) is 16.7 Å². The van der Waals surface area contributed by atoms with E-state index < -0.39 is 29.4 Å². The van der Waals surface area contributed by atoms with E-state index in [9.17, 15) is 26.9 Å². The van der Waals surface area contributed by atoms with Gasteiger partial charge in [-0.2, -0.15) is 14.0 Å². The van der Waals surface area contributed by atoms with Crippen LogP contribution in [-0.4, -0.2) is 37.3 Å². The molecule has 7 nitrogen and oxygen atoms in total. The van der Waals surface area contributed by atoms with E-state index in [0.717, 1.165) is 25.5 Å². The van der Waals surface area contributed by atoms with Crippen molar-refractivity contribution in [1.82, 2.24) is 14.3 Å². The van der Waals surface area contributed by atoms with Gasteiger partial charge in [-0.3, -0.25) is 4.98 Å². The summed E-state index contributed by atoms with van der Waals surface area (Å²) in [6.07, 6.45) is 3.83. The lowest BCUT2D eigenvalue weighted by Gasteiger charge is -2.30. The maximum Gasteiger partial charge on any atom is 0.387 e. The molecule has 0 radical (unpaired) electrons. The minimum absolute atomic E-state index is 0.0194. The van der Waals surface area contributed by atoms with Gasteiger partial charge < -0.3 is 9.30 Å². The summed E-state index contributed by atoms with van der Waals surface area (Å²) in [5.74, 6) is -0.0194. The summed E-state index contributed by atoms with van der Waals surface area (Å²) >= 11 is 0. The first kappa shape index (κ1) is 23.1. The van der Waals surface area contributed by atoms with Crippen molar-refractivity contribution in [2.75, 3.05) is 6.67 Å². The standard InChI is InChI=1S/C22H21F3N4O3S/c1-13(10-23)28-33(30,31)16-6-8-19(27-12-16)21-18(11-26)17-7-5-15(32-22(24)25)9-20(17)29(21)14-3-2-4-14/h5-9,12-14,22,28H,2-4,10H2,1H3/t13-/m1/s1. The molecular weight excluding hydrogens is 457 g/mol. The van der Waals surface area contributed by atoms with Crippen LogP contribution in [0.15, 0.2) is 41.4 Å². The molecule has 0 bridgehead atoms. The van der Waals surface area contributed by atoms with Gasteiger partial charge in [0.1, 0.15) is 23.4 Å². The topological polar surface area (TPSA) is 97.0 Å². The van der Waals surface area contributed by atoms with Crippen LogP contribution in [0.25, 0.3) is 22.3 Å². The molecule has 0 amide bonds. The minimum atomic E-state index is -3.96. The number of nitrogens with zero attached hydrogens (tertiary/aromatic N) is 3. The molecule has 1 fully saturated rings. The van der Waals surface area contributed by atoms with E-state index in [4.69, 9.17) is 0 Å². The van der Waals surface area contributed by atoms with E-state index in [2.05, 4.69) is 20.5 Å². The van der Waals surface area contributed by atoms with Crippen molar-refractivity contribution in [3.8, 4) is 23.2 Å². The van der Waals surface area contributed by atoms with E-state index in [0.29, 0.717) is 27.9 Å². The molecule has 2 aromatic heterocycles. The van der Waals surface area contributed by atoms with Crippen LogP contribution in [-0.2, 0) is 10.0 Å². The summed E-state index contributed by atoms with van der Waals surface area (Å²) in [5.41, 5.74) is 1.73. The van der Waals surface area contributed by atoms with Crippen molar-refractivity contribution >= 4 is 20.9 Å². The average molecular weight is 478 g/mol. The summed E-state index contributed by atoms with van der Waals surface area (Å²) in [5, 5.41) is 10.5. The lowest BCUT2D eigenvalue weighted by molar-refractivity contribution is -0.0497. The number of halogens is 3. The van der Waals surface area contributed by atoms with Gasteiger partial charge in [0, 0.05) is 29.7 Å².